The predicted octanol–water partition coefficient (Wildman–Crippen LogP) is 3.95. The summed E-state index contributed by atoms with van der Waals surface area (Å²) >= 11 is 0. The number of nitrogens with zero attached hydrogens (tertiary/aromatic N) is 1. The van der Waals surface area contributed by atoms with Crippen LogP contribution in [0.2, 0.25) is 0 Å². The van der Waals surface area contributed by atoms with Gasteiger partial charge in [-0.1, -0.05) is 12.1 Å². The molecule has 0 bridgehead atoms. The molecule has 1 N–H and O–H groups in total. The van der Waals surface area contributed by atoms with Gasteiger partial charge in [0.1, 0.15) is 17.6 Å². The molecule has 0 saturated carbocycles. The average molecular weight is 343 g/mol. The number of benzene rings is 1. The Morgan fingerprint density at radius 3 is 2.56 bits per heavy atom. The van der Waals surface area contributed by atoms with Crippen molar-refractivity contribution in [3.63, 3.8) is 0 Å². The van der Waals surface area contributed by atoms with Crippen molar-refractivity contribution in [3.05, 3.63) is 52.5 Å². The fourth-order valence-electron chi connectivity index (χ4n) is 3.26. The molecule has 0 atom stereocenters. The zero-order chi connectivity index (χ0) is 18.0. The van der Waals surface area contributed by atoms with Gasteiger partial charge in [-0.3, -0.25) is 4.90 Å². The SMILES string of the molecule is Cc1ccc(C)c(OC2CCN(Cc3cc(C)c(C(=O)O)o3)CC2)c1. The van der Waals surface area contributed by atoms with Crippen molar-refractivity contribution in [2.45, 2.75) is 46.3 Å². The van der Waals surface area contributed by atoms with Gasteiger partial charge in [0.05, 0.1) is 6.54 Å². The summed E-state index contributed by atoms with van der Waals surface area (Å²) < 4.78 is 11.6. The summed E-state index contributed by atoms with van der Waals surface area (Å²) in [5.74, 6) is 0.725. The highest BCUT2D eigenvalue weighted by Crippen LogP contribution is 2.25. The van der Waals surface area contributed by atoms with Gasteiger partial charge in [0.2, 0.25) is 5.76 Å². The monoisotopic (exact) mass is 343 g/mol. The molecule has 1 aromatic heterocycles. The summed E-state index contributed by atoms with van der Waals surface area (Å²) in [7, 11) is 0. The topological polar surface area (TPSA) is 62.9 Å². The molecule has 134 valence electrons. The van der Waals surface area contributed by atoms with Gasteiger partial charge >= 0.3 is 5.97 Å². The van der Waals surface area contributed by atoms with Crippen LogP contribution in [-0.2, 0) is 6.54 Å². The Labute approximate surface area is 148 Å². The number of carboxylic acid groups (broad SMARTS) is 1. The molecule has 1 saturated heterocycles. The second-order valence-corrected chi connectivity index (χ2v) is 6.89. The van der Waals surface area contributed by atoms with Crippen LogP contribution in [-0.4, -0.2) is 35.2 Å². The summed E-state index contributed by atoms with van der Waals surface area (Å²) in [5, 5.41) is 9.08. The molecule has 0 unspecified atom stereocenters. The molecule has 0 spiro atoms. The molecule has 3 rings (SSSR count). The molecule has 25 heavy (non-hydrogen) atoms. The third kappa shape index (κ3) is 4.23. The minimum absolute atomic E-state index is 0.0446. The lowest BCUT2D eigenvalue weighted by Crippen LogP contribution is -2.37. The van der Waals surface area contributed by atoms with Crippen LogP contribution >= 0.6 is 0 Å². The van der Waals surface area contributed by atoms with Crippen LogP contribution < -0.4 is 4.74 Å². The molecule has 0 aliphatic carbocycles. The molecule has 1 aliphatic heterocycles. The van der Waals surface area contributed by atoms with Crippen LogP contribution in [0.25, 0.3) is 0 Å². The molecule has 5 heteroatoms. The number of carbonyl (C=O) groups is 1. The Morgan fingerprint density at radius 2 is 1.92 bits per heavy atom. The maximum atomic E-state index is 11.1. The van der Waals surface area contributed by atoms with Crippen LogP contribution in [0.3, 0.4) is 0 Å². The number of carboxylic acids is 1. The van der Waals surface area contributed by atoms with E-state index in [0.29, 0.717) is 17.9 Å². The molecule has 0 amide bonds. The van der Waals surface area contributed by atoms with E-state index < -0.39 is 5.97 Å². The second kappa shape index (κ2) is 7.31. The fraction of sp³-hybridized carbons (Fsp3) is 0.450. The van der Waals surface area contributed by atoms with Crippen LogP contribution in [0, 0.1) is 20.8 Å². The van der Waals surface area contributed by atoms with Crippen LogP contribution in [0.15, 0.2) is 28.7 Å². The average Bonchev–Trinajstić information content (AvgIpc) is 2.93. The van der Waals surface area contributed by atoms with Crippen LogP contribution in [0.5, 0.6) is 5.75 Å². The largest absolute Gasteiger partial charge is 0.490 e. The highest BCUT2D eigenvalue weighted by molar-refractivity contribution is 5.86. The number of hydrogen-bond acceptors (Lipinski definition) is 4. The van der Waals surface area contributed by atoms with E-state index in [-0.39, 0.29) is 11.9 Å². The Balaban J connectivity index is 1.54. The minimum Gasteiger partial charge on any atom is -0.490 e. The highest BCUT2D eigenvalue weighted by Gasteiger charge is 2.23. The van der Waals surface area contributed by atoms with Crippen molar-refractivity contribution in [1.29, 1.82) is 0 Å². The summed E-state index contributed by atoms with van der Waals surface area (Å²) in [6.07, 6.45) is 2.14. The molecular weight excluding hydrogens is 318 g/mol. The number of piperidine rings is 1. The lowest BCUT2D eigenvalue weighted by molar-refractivity contribution is 0.0653. The molecule has 5 nitrogen and oxygen atoms in total. The van der Waals surface area contributed by atoms with Gasteiger partial charge in [-0.2, -0.15) is 0 Å². The number of aromatic carboxylic acids is 1. The van der Waals surface area contributed by atoms with Crippen LogP contribution in [0.4, 0.5) is 0 Å². The van der Waals surface area contributed by atoms with E-state index in [9.17, 15) is 4.79 Å². The lowest BCUT2D eigenvalue weighted by atomic mass is 10.1. The molecule has 0 radical (unpaired) electrons. The second-order valence-electron chi connectivity index (χ2n) is 6.89. The first-order valence-electron chi connectivity index (χ1n) is 8.71. The van der Waals surface area contributed by atoms with Gasteiger partial charge in [0.15, 0.2) is 0 Å². The summed E-state index contributed by atoms with van der Waals surface area (Å²) in [5.41, 5.74) is 3.05. The zero-order valence-corrected chi connectivity index (χ0v) is 15.0. The number of aryl methyl sites for hydroxylation is 3. The minimum atomic E-state index is -1.01. The standard InChI is InChI=1S/C20H25NO4/c1-13-4-5-14(2)18(10-13)24-16-6-8-21(9-7-16)12-17-11-15(3)19(25-17)20(22)23/h4-5,10-11,16H,6-9,12H2,1-3H3,(H,22,23). The summed E-state index contributed by atoms with van der Waals surface area (Å²) in [6, 6.07) is 8.11. The normalized spacial score (nSPS) is 16.1. The highest BCUT2D eigenvalue weighted by atomic mass is 16.5. The molecular formula is C20H25NO4. The van der Waals surface area contributed by atoms with Gasteiger partial charge in [-0.25, -0.2) is 4.79 Å². The van der Waals surface area contributed by atoms with E-state index in [2.05, 4.69) is 36.9 Å². The quantitative estimate of drug-likeness (QED) is 0.891. The van der Waals surface area contributed by atoms with Gasteiger partial charge in [-0.05, 0) is 56.9 Å². The van der Waals surface area contributed by atoms with E-state index in [4.69, 9.17) is 14.3 Å². The summed E-state index contributed by atoms with van der Waals surface area (Å²) in [4.78, 5) is 13.4. The van der Waals surface area contributed by atoms with Gasteiger partial charge in [0.25, 0.3) is 0 Å². The van der Waals surface area contributed by atoms with Crippen molar-refractivity contribution in [3.8, 4) is 5.75 Å². The molecule has 1 aromatic carbocycles. The maximum absolute atomic E-state index is 11.1. The lowest BCUT2D eigenvalue weighted by Gasteiger charge is -2.32. The van der Waals surface area contributed by atoms with Gasteiger partial charge < -0.3 is 14.3 Å². The van der Waals surface area contributed by atoms with E-state index in [1.54, 1.807) is 6.92 Å². The van der Waals surface area contributed by atoms with E-state index >= 15 is 0 Å². The Kier molecular flexibility index (Phi) is 5.13. The molecule has 2 aromatic rings. The van der Waals surface area contributed by atoms with Crippen LogP contribution in [0.1, 0.15) is 45.8 Å². The Hall–Kier alpha value is -2.27. The number of likely N-dealkylation sites (tertiary alicyclic amines) is 1. The van der Waals surface area contributed by atoms with E-state index in [0.717, 1.165) is 31.7 Å². The first-order chi connectivity index (χ1) is 11.9. The Bertz CT molecular complexity index is 757. The van der Waals surface area contributed by atoms with Crippen molar-refractivity contribution in [2.24, 2.45) is 0 Å². The van der Waals surface area contributed by atoms with Crippen molar-refractivity contribution < 1.29 is 19.1 Å². The molecule has 1 fully saturated rings. The smallest absolute Gasteiger partial charge is 0.372 e. The van der Waals surface area contributed by atoms with E-state index in [1.807, 2.05) is 6.07 Å². The number of rotatable bonds is 5. The number of furan rings is 1. The van der Waals surface area contributed by atoms with Crippen molar-refractivity contribution in [2.75, 3.05) is 13.1 Å². The first kappa shape index (κ1) is 17.5. The Morgan fingerprint density at radius 1 is 1.20 bits per heavy atom. The number of ether oxygens (including phenoxy) is 1. The summed E-state index contributed by atoms with van der Waals surface area (Å²) in [6.45, 7) is 8.38. The third-order valence-electron chi connectivity index (χ3n) is 4.71. The van der Waals surface area contributed by atoms with Gasteiger partial charge in [0, 0.05) is 18.7 Å². The molecule has 1 aliphatic rings. The zero-order valence-electron chi connectivity index (χ0n) is 15.0. The van der Waals surface area contributed by atoms with E-state index in [1.165, 1.54) is 11.1 Å². The maximum Gasteiger partial charge on any atom is 0.372 e. The van der Waals surface area contributed by atoms with Crippen molar-refractivity contribution >= 4 is 5.97 Å². The third-order valence-corrected chi connectivity index (χ3v) is 4.71. The van der Waals surface area contributed by atoms with Gasteiger partial charge in [-0.15, -0.1) is 0 Å². The molecule has 2 heterocycles. The fourth-order valence-corrected chi connectivity index (χ4v) is 3.26. The van der Waals surface area contributed by atoms with Crippen molar-refractivity contribution in [1.82, 2.24) is 4.90 Å². The number of hydrogen-bond donors (Lipinski definition) is 1. The first-order valence-corrected chi connectivity index (χ1v) is 8.71. The predicted molar refractivity (Wildman–Crippen MR) is 95.2 cm³/mol.